The first-order valence-electron chi connectivity index (χ1n) is 6.65. The van der Waals surface area contributed by atoms with Crippen LogP contribution in [0.4, 0.5) is 0 Å². The first kappa shape index (κ1) is 14.2. The maximum atomic E-state index is 12.5. The zero-order valence-electron chi connectivity index (χ0n) is 11.3. The Labute approximate surface area is 114 Å². The van der Waals surface area contributed by atoms with E-state index >= 15 is 0 Å². The number of rotatable bonds is 6. The van der Waals surface area contributed by atoms with Gasteiger partial charge in [0.1, 0.15) is 0 Å². The maximum Gasteiger partial charge on any atom is 0.243 e. The molecule has 0 saturated heterocycles. The fourth-order valence-corrected chi connectivity index (χ4v) is 3.90. The van der Waals surface area contributed by atoms with E-state index in [1.165, 1.54) is 10.4 Å². The van der Waals surface area contributed by atoms with Crippen LogP contribution in [0.5, 0.6) is 0 Å². The number of Topliss-reactive ketones (excluding diaryl/α,β-unsaturated/α-hetero) is 1. The van der Waals surface area contributed by atoms with Crippen molar-refractivity contribution in [1.82, 2.24) is 4.31 Å². The highest BCUT2D eigenvalue weighted by Gasteiger charge is 2.36. The van der Waals surface area contributed by atoms with Crippen LogP contribution >= 0.6 is 0 Å². The molecule has 5 heteroatoms. The number of hydrogen-bond donors (Lipinski definition) is 0. The Morgan fingerprint density at radius 3 is 2.53 bits per heavy atom. The standard InChI is InChI=1S/C14H19NO3S/c1-3-14(16)11-6-5-7-13(10-11)19(17,18)15(4-2)12-8-9-12/h5-7,10,12H,3-4,8-9H2,1-2H3. The first-order chi connectivity index (χ1) is 9.00. The highest BCUT2D eigenvalue weighted by molar-refractivity contribution is 7.89. The van der Waals surface area contributed by atoms with Crippen LogP contribution in [0.15, 0.2) is 29.2 Å². The van der Waals surface area contributed by atoms with Gasteiger partial charge in [0.05, 0.1) is 4.90 Å². The summed E-state index contributed by atoms with van der Waals surface area (Å²) in [6.45, 7) is 4.09. The number of nitrogens with zero attached hydrogens (tertiary/aromatic N) is 1. The van der Waals surface area contributed by atoms with Crippen LogP contribution in [-0.2, 0) is 10.0 Å². The van der Waals surface area contributed by atoms with Gasteiger partial charge in [-0.2, -0.15) is 4.31 Å². The van der Waals surface area contributed by atoms with Crippen molar-refractivity contribution in [3.8, 4) is 0 Å². The smallest absolute Gasteiger partial charge is 0.243 e. The summed E-state index contributed by atoms with van der Waals surface area (Å²) in [7, 11) is -3.47. The van der Waals surface area contributed by atoms with Crippen LogP contribution in [0.2, 0.25) is 0 Å². The molecule has 1 aromatic carbocycles. The zero-order valence-corrected chi connectivity index (χ0v) is 12.1. The molecule has 0 spiro atoms. The third-order valence-corrected chi connectivity index (χ3v) is 5.37. The zero-order chi connectivity index (χ0) is 14.0. The molecule has 4 nitrogen and oxygen atoms in total. The van der Waals surface area contributed by atoms with Crippen molar-refractivity contribution in [3.05, 3.63) is 29.8 Å². The Bertz CT molecular complexity index is 576. The number of hydrogen-bond acceptors (Lipinski definition) is 3. The summed E-state index contributed by atoms with van der Waals surface area (Å²) < 4.78 is 26.6. The van der Waals surface area contributed by atoms with E-state index in [-0.39, 0.29) is 16.7 Å². The van der Waals surface area contributed by atoms with Crippen LogP contribution in [0.25, 0.3) is 0 Å². The lowest BCUT2D eigenvalue weighted by Crippen LogP contribution is -2.33. The second-order valence-corrected chi connectivity index (χ2v) is 6.63. The summed E-state index contributed by atoms with van der Waals surface area (Å²) in [5.74, 6) is -0.0356. The molecule has 0 aromatic heterocycles. The van der Waals surface area contributed by atoms with Gasteiger partial charge in [-0.15, -0.1) is 0 Å². The minimum absolute atomic E-state index is 0.0356. The quantitative estimate of drug-likeness (QED) is 0.753. The van der Waals surface area contributed by atoms with Crippen molar-refractivity contribution in [2.24, 2.45) is 0 Å². The average Bonchev–Trinajstić information content (AvgIpc) is 3.23. The average molecular weight is 281 g/mol. The van der Waals surface area contributed by atoms with Crippen LogP contribution in [0.1, 0.15) is 43.5 Å². The summed E-state index contributed by atoms with van der Waals surface area (Å²) in [5, 5.41) is 0. The van der Waals surface area contributed by atoms with Crippen LogP contribution < -0.4 is 0 Å². The molecule has 0 unspecified atom stereocenters. The second-order valence-electron chi connectivity index (χ2n) is 4.74. The lowest BCUT2D eigenvalue weighted by atomic mass is 10.1. The number of carbonyl (C=O) groups is 1. The van der Waals surface area contributed by atoms with Gasteiger partial charge >= 0.3 is 0 Å². The van der Waals surface area contributed by atoms with Crippen LogP contribution in [-0.4, -0.2) is 31.1 Å². The van der Waals surface area contributed by atoms with Gasteiger partial charge in [-0.25, -0.2) is 8.42 Å². The van der Waals surface area contributed by atoms with E-state index in [1.807, 2.05) is 6.92 Å². The minimum atomic E-state index is -3.47. The highest BCUT2D eigenvalue weighted by Crippen LogP contribution is 2.31. The molecular weight excluding hydrogens is 262 g/mol. The summed E-state index contributed by atoms with van der Waals surface area (Å²) in [4.78, 5) is 11.9. The normalized spacial score (nSPS) is 15.7. The van der Waals surface area contributed by atoms with Crippen molar-refractivity contribution in [2.75, 3.05) is 6.54 Å². The molecule has 0 heterocycles. The van der Waals surface area contributed by atoms with Crippen molar-refractivity contribution < 1.29 is 13.2 Å². The number of ketones is 1. The topological polar surface area (TPSA) is 54.5 Å². The van der Waals surface area contributed by atoms with E-state index in [4.69, 9.17) is 0 Å². The van der Waals surface area contributed by atoms with E-state index in [2.05, 4.69) is 0 Å². The molecule has 1 aliphatic carbocycles. The largest absolute Gasteiger partial charge is 0.294 e. The summed E-state index contributed by atoms with van der Waals surface area (Å²) in [6, 6.07) is 6.49. The van der Waals surface area contributed by atoms with Gasteiger partial charge in [-0.05, 0) is 25.0 Å². The Morgan fingerprint density at radius 1 is 1.32 bits per heavy atom. The Balaban J connectivity index is 2.37. The third kappa shape index (κ3) is 2.87. The highest BCUT2D eigenvalue weighted by atomic mass is 32.2. The molecule has 0 amide bonds. The first-order valence-corrected chi connectivity index (χ1v) is 8.09. The van der Waals surface area contributed by atoms with Gasteiger partial charge in [-0.1, -0.05) is 26.0 Å². The molecule has 104 valence electrons. The van der Waals surface area contributed by atoms with Gasteiger partial charge in [-0.3, -0.25) is 4.79 Å². The predicted octanol–water partition coefficient (Wildman–Crippen LogP) is 2.45. The van der Waals surface area contributed by atoms with Gasteiger partial charge in [0.25, 0.3) is 0 Å². The molecule has 0 N–H and O–H groups in total. The molecule has 0 aliphatic heterocycles. The molecule has 0 bridgehead atoms. The van der Waals surface area contributed by atoms with Crippen molar-refractivity contribution in [2.45, 2.75) is 44.0 Å². The number of carbonyl (C=O) groups excluding carboxylic acids is 1. The molecule has 0 radical (unpaired) electrons. The maximum absolute atomic E-state index is 12.5. The second kappa shape index (κ2) is 5.43. The summed E-state index contributed by atoms with van der Waals surface area (Å²) in [5.41, 5.74) is 0.468. The lowest BCUT2D eigenvalue weighted by molar-refractivity contribution is 0.0988. The van der Waals surface area contributed by atoms with Crippen molar-refractivity contribution in [1.29, 1.82) is 0 Å². The fourth-order valence-electron chi connectivity index (χ4n) is 2.16. The molecule has 19 heavy (non-hydrogen) atoms. The molecular formula is C14H19NO3S. The minimum Gasteiger partial charge on any atom is -0.294 e. The van der Waals surface area contributed by atoms with Crippen LogP contribution in [0, 0.1) is 0 Å². The fraction of sp³-hybridized carbons (Fsp3) is 0.500. The van der Waals surface area contributed by atoms with Crippen molar-refractivity contribution >= 4 is 15.8 Å². The molecule has 2 rings (SSSR count). The van der Waals surface area contributed by atoms with E-state index in [0.717, 1.165) is 12.8 Å². The van der Waals surface area contributed by atoms with Crippen molar-refractivity contribution in [3.63, 3.8) is 0 Å². The number of benzene rings is 1. The predicted molar refractivity (Wildman–Crippen MR) is 73.7 cm³/mol. The summed E-state index contributed by atoms with van der Waals surface area (Å²) >= 11 is 0. The van der Waals surface area contributed by atoms with Crippen LogP contribution in [0.3, 0.4) is 0 Å². The Hall–Kier alpha value is -1.20. The molecule has 1 aliphatic rings. The molecule has 1 fully saturated rings. The number of sulfonamides is 1. The Morgan fingerprint density at radius 2 is 2.00 bits per heavy atom. The van der Waals surface area contributed by atoms with E-state index in [0.29, 0.717) is 18.5 Å². The molecule has 1 saturated carbocycles. The monoisotopic (exact) mass is 281 g/mol. The SMILES string of the molecule is CCC(=O)c1cccc(S(=O)(=O)N(CC)C2CC2)c1. The van der Waals surface area contributed by atoms with E-state index in [1.54, 1.807) is 25.1 Å². The van der Waals surface area contributed by atoms with Gasteiger partial charge in [0, 0.05) is 24.6 Å². The molecule has 0 atom stereocenters. The van der Waals surface area contributed by atoms with E-state index in [9.17, 15) is 13.2 Å². The van der Waals surface area contributed by atoms with Gasteiger partial charge in [0.15, 0.2) is 5.78 Å². The third-order valence-electron chi connectivity index (χ3n) is 3.35. The summed E-state index contributed by atoms with van der Waals surface area (Å²) in [6.07, 6.45) is 2.24. The molecule has 1 aromatic rings. The van der Waals surface area contributed by atoms with Gasteiger partial charge < -0.3 is 0 Å². The van der Waals surface area contributed by atoms with E-state index < -0.39 is 10.0 Å². The Kier molecular flexibility index (Phi) is 4.06. The lowest BCUT2D eigenvalue weighted by Gasteiger charge is -2.20. The van der Waals surface area contributed by atoms with Gasteiger partial charge in [0.2, 0.25) is 10.0 Å².